The monoisotopic (exact) mass is 449 g/mol. The lowest BCUT2D eigenvalue weighted by Gasteiger charge is -2.12. The number of aryl methyl sites for hydroxylation is 1. The van der Waals surface area contributed by atoms with Crippen LogP contribution >= 0.6 is 35.3 Å². The Labute approximate surface area is 157 Å². The number of halogens is 2. The molecule has 0 bridgehead atoms. The molecule has 0 atom stereocenters. The highest BCUT2D eigenvalue weighted by Gasteiger charge is 2.05. The standard InChI is InChI=1S/C16H20FN3OS.HI/c1-11-6-7-22-15(11)10-20-16(18-2)19-9-12-4-5-14(21-3)13(17)8-12;/h4-8H,9-10H2,1-3H3,(H2,18,19,20);1H. The molecule has 0 aliphatic heterocycles. The van der Waals surface area contributed by atoms with Gasteiger partial charge in [0.2, 0.25) is 0 Å². The molecule has 2 N–H and O–H groups in total. The third-order valence-corrected chi connectivity index (χ3v) is 4.31. The van der Waals surface area contributed by atoms with Crippen molar-refractivity contribution in [3.63, 3.8) is 0 Å². The molecule has 0 saturated heterocycles. The molecule has 0 radical (unpaired) electrons. The molecule has 1 aromatic heterocycles. The number of guanidine groups is 1. The predicted octanol–water partition coefficient (Wildman–Crippen LogP) is 3.69. The molecule has 126 valence electrons. The van der Waals surface area contributed by atoms with Gasteiger partial charge >= 0.3 is 0 Å². The van der Waals surface area contributed by atoms with E-state index in [2.05, 4.69) is 34.0 Å². The van der Waals surface area contributed by atoms with Crippen molar-refractivity contribution >= 4 is 41.3 Å². The van der Waals surface area contributed by atoms with Crippen LogP contribution in [0.3, 0.4) is 0 Å². The molecular formula is C16H21FIN3OS. The number of methoxy groups -OCH3 is 1. The van der Waals surface area contributed by atoms with Gasteiger partial charge in [-0.1, -0.05) is 6.07 Å². The van der Waals surface area contributed by atoms with Crippen molar-refractivity contribution < 1.29 is 9.13 Å². The zero-order valence-corrected chi connectivity index (χ0v) is 16.5. The maximum Gasteiger partial charge on any atom is 0.191 e. The van der Waals surface area contributed by atoms with Crippen molar-refractivity contribution in [1.82, 2.24) is 10.6 Å². The summed E-state index contributed by atoms with van der Waals surface area (Å²) in [5, 5.41) is 8.49. The summed E-state index contributed by atoms with van der Waals surface area (Å²) in [6.45, 7) is 3.30. The second kappa shape index (κ2) is 9.71. The summed E-state index contributed by atoms with van der Waals surface area (Å²) in [4.78, 5) is 5.45. The molecule has 23 heavy (non-hydrogen) atoms. The minimum atomic E-state index is -0.362. The first-order valence-electron chi connectivity index (χ1n) is 6.94. The quantitative estimate of drug-likeness (QED) is 0.416. The van der Waals surface area contributed by atoms with Gasteiger partial charge in [0.05, 0.1) is 13.7 Å². The average molecular weight is 449 g/mol. The van der Waals surface area contributed by atoms with Gasteiger partial charge in [0, 0.05) is 18.5 Å². The molecule has 0 spiro atoms. The predicted molar refractivity (Wildman–Crippen MR) is 104 cm³/mol. The van der Waals surface area contributed by atoms with Gasteiger partial charge in [0.25, 0.3) is 0 Å². The minimum absolute atomic E-state index is 0. The molecule has 4 nitrogen and oxygen atoms in total. The maximum absolute atomic E-state index is 13.6. The first-order valence-corrected chi connectivity index (χ1v) is 7.82. The van der Waals surface area contributed by atoms with Gasteiger partial charge in [-0.05, 0) is 41.6 Å². The van der Waals surface area contributed by atoms with E-state index in [1.807, 2.05) is 6.07 Å². The Hall–Kier alpha value is -1.35. The molecule has 0 saturated carbocycles. The first-order chi connectivity index (χ1) is 10.6. The summed E-state index contributed by atoms with van der Waals surface area (Å²) in [6.07, 6.45) is 0. The fourth-order valence-corrected chi connectivity index (χ4v) is 2.82. The van der Waals surface area contributed by atoms with Crippen LogP contribution in [0.25, 0.3) is 0 Å². The zero-order chi connectivity index (χ0) is 15.9. The Kier molecular flexibility index (Phi) is 8.32. The fourth-order valence-electron chi connectivity index (χ4n) is 1.98. The van der Waals surface area contributed by atoms with Crippen LogP contribution in [0.2, 0.25) is 0 Å². The van der Waals surface area contributed by atoms with Crippen LogP contribution in [0.4, 0.5) is 4.39 Å². The van der Waals surface area contributed by atoms with Crippen LogP contribution in [0.15, 0.2) is 34.6 Å². The summed E-state index contributed by atoms with van der Waals surface area (Å²) < 4.78 is 18.5. The molecular weight excluding hydrogens is 428 g/mol. The molecule has 1 heterocycles. The summed E-state index contributed by atoms with van der Waals surface area (Å²) in [7, 11) is 3.17. The number of benzene rings is 1. The zero-order valence-electron chi connectivity index (χ0n) is 13.4. The lowest BCUT2D eigenvalue weighted by Crippen LogP contribution is -2.36. The number of rotatable bonds is 5. The molecule has 0 unspecified atom stereocenters. The first kappa shape index (κ1) is 19.7. The number of hydrogen-bond donors (Lipinski definition) is 2. The SMILES string of the molecule is CN=C(NCc1ccc(OC)c(F)c1)NCc1sccc1C.I. The molecule has 0 aliphatic carbocycles. The maximum atomic E-state index is 13.6. The van der Waals surface area contributed by atoms with E-state index in [1.165, 1.54) is 23.6 Å². The number of nitrogens with one attached hydrogen (secondary N) is 2. The van der Waals surface area contributed by atoms with Crippen molar-refractivity contribution in [3.8, 4) is 5.75 Å². The molecule has 0 aliphatic rings. The van der Waals surface area contributed by atoms with Gasteiger partial charge in [-0.15, -0.1) is 35.3 Å². The highest BCUT2D eigenvalue weighted by Crippen LogP contribution is 2.17. The van der Waals surface area contributed by atoms with E-state index in [-0.39, 0.29) is 35.5 Å². The highest BCUT2D eigenvalue weighted by atomic mass is 127. The van der Waals surface area contributed by atoms with Gasteiger partial charge in [-0.2, -0.15) is 0 Å². The lowest BCUT2D eigenvalue weighted by molar-refractivity contribution is 0.386. The molecule has 1 aromatic carbocycles. The summed E-state index contributed by atoms with van der Waals surface area (Å²) >= 11 is 1.71. The van der Waals surface area contributed by atoms with E-state index in [0.29, 0.717) is 12.5 Å². The number of thiophene rings is 1. The van der Waals surface area contributed by atoms with Crippen molar-refractivity contribution in [3.05, 3.63) is 51.5 Å². The number of hydrogen-bond acceptors (Lipinski definition) is 3. The van der Waals surface area contributed by atoms with Crippen LogP contribution in [-0.2, 0) is 13.1 Å². The highest BCUT2D eigenvalue weighted by molar-refractivity contribution is 14.0. The Morgan fingerprint density at radius 1 is 1.26 bits per heavy atom. The van der Waals surface area contributed by atoms with Crippen molar-refractivity contribution in [2.24, 2.45) is 4.99 Å². The molecule has 7 heteroatoms. The second-order valence-corrected chi connectivity index (χ2v) is 5.78. The van der Waals surface area contributed by atoms with Crippen LogP contribution in [0, 0.1) is 12.7 Å². The van der Waals surface area contributed by atoms with Gasteiger partial charge in [-0.3, -0.25) is 4.99 Å². The summed E-state index contributed by atoms with van der Waals surface area (Å²) in [5.41, 5.74) is 2.10. The van der Waals surface area contributed by atoms with Crippen molar-refractivity contribution in [2.45, 2.75) is 20.0 Å². The van der Waals surface area contributed by atoms with E-state index in [1.54, 1.807) is 24.5 Å². The van der Waals surface area contributed by atoms with E-state index in [0.717, 1.165) is 12.1 Å². The fraction of sp³-hybridized carbons (Fsp3) is 0.312. The third kappa shape index (κ3) is 5.65. The van der Waals surface area contributed by atoms with E-state index >= 15 is 0 Å². The summed E-state index contributed by atoms with van der Waals surface area (Å²) in [5.74, 6) is 0.572. The molecule has 0 fully saturated rings. The smallest absolute Gasteiger partial charge is 0.191 e. The van der Waals surface area contributed by atoms with Crippen LogP contribution in [0.1, 0.15) is 16.0 Å². The average Bonchev–Trinajstić information content (AvgIpc) is 2.93. The largest absolute Gasteiger partial charge is 0.494 e. The van der Waals surface area contributed by atoms with Crippen molar-refractivity contribution in [2.75, 3.05) is 14.2 Å². The van der Waals surface area contributed by atoms with E-state index in [4.69, 9.17) is 4.74 Å². The van der Waals surface area contributed by atoms with Gasteiger partial charge in [0.1, 0.15) is 0 Å². The number of aliphatic imine (C=N–C) groups is 1. The summed E-state index contributed by atoms with van der Waals surface area (Å²) in [6, 6.07) is 7.00. The van der Waals surface area contributed by atoms with Gasteiger partial charge in [-0.25, -0.2) is 4.39 Å². The van der Waals surface area contributed by atoms with E-state index in [9.17, 15) is 4.39 Å². The second-order valence-electron chi connectivity index (χ2n) is 4.78. The Balaban J connectivity index is 0.00000264. The normalized spacial score (nSPS) is 10.9. The number of ether oxygens (including phenoxy) is 1. The Bertz CT molecular complexity index is 661. The van der Waals surface area contributed by atoms with Crippen LogP contribution in [0.5, 0.6) is 5.75 Å². The van der Waals surface area contributed by atoms with Gasteiger partial charge < -0.3 is 15.4 Å². The van der Waals surface area contributed by atoms with Crippen LogP contribution in [-0.4, -0.2) is 20.1 Å². The minimum Gasteiger partial charge on any atom is -0.494 e. The third-order valence-electron chi connectivity index (χ3n) is 3.28. The van der Waals surface area contributed by atoms with Crippen molar-refractivity contribution in [1.29, 1.82) is 0 Å². The van der Waals surface area contributed by atoms with Gasteiger partial charge in [0.15, 0.2) is 17.5 Å². The van der Waals surface area contributed by atoms with E-state index < -0.39 is 0 Å². The van der Waals surface area contributed by atoms with Crippen LogP contribution < -0.4 is 15.4 Å². The number of nitrogens with zero attached hydrogens (tertiary/aromatic N) is 1. The Morgan fingerprint density at radius 2 is 2.00 bits per heavy atom. The molecule has 2 rings (SSSR count). The molecule has 2 aromatic rings. The topological polar surface area (TPSA) is 45.7 Å². The Morgan fingerprint density at radius 3 is 2.57 bits per heavy atom. The lowest BCUT2D eigenvalue weighted by atomic mass is 10.2. The molecule has 0 amide bonds.